The van der Waals surface area contributed by atoms with Crippen molar-refractivity contribution in [2.75, 3.05) is 0 Å². The summed E-state index contributed by atoms with van der Waals surface area (Å²) in [7, 11) is 0. The fourth-order valence-electron chi connectivity index (χ4n) is 3.96. The molecule has 0 heterocycles. The van der Waals surface area contributed by atoms with Crippen LogP contribution >= 0.6 is 0 Å². The average molecular weight is 643 g/mol. The van der Waals surface area contributed by atoms with E-state index >= 15 is 0 Å². The minimum atomic E-state index is -1.77. The molecular formula is C29H50N6O10. The summed E-state index contributed by atoms with van der Waals surface area (Å²) in [5.74, 6) is -9.14. The number of carboxylic acid groups (broad SMARTS) is 2. The van der Waals surface area contributed by atoms with Gasteiger partial charge in [-0.3, -0.25) is 33.6 Å². The van der Waals surface area contributed by atoms with Gasteiger partial charge in [-0.2, -0.15) is 0 Å². The first-order valence-corrected chi connectivity index (χ1v) is 14.7. The third-order valence-corrected chi connectivity index (χ3v) is 6.54. The third-order valence-electron chi connectivity index (χ3n) is 6.54. The zero-order chi connectivity index (χ0) is 35.4. The van der Waals surface area contributed by atoms with Gasteiger partial charge in [-0.25, -0.2) is 4.79 Å². The Balaban J connectivity index is 6.04. The van der Waals surface area contributed by atoms with E-state index in [1.165, 1.54) is 0 Å². The van der Waals surface area contributed by atoms with Crippen LogP contribution in [0.15, 0.2) is 0 Å². The van der Waals surface area contributed by atoms with Gasteiger partial charge < -0.3 is 42.5 Å². The molecule has 16 nitrogen and oxygen atoms in total. The molecule has 0 rings (SSSR count). The number of amides is 6. The standard InChI is InChI=1S/C29H50N6O10/c1-13(2)10-18(27(43)44)33-24(40)17(12-20(37)38)31-23(39)16(11-19(30)36)32-25(41)21(14(3)4)34-26(42)22(15(5)6)35-28(45)29(7,8)9/h13-18,21-22H,10-12H2,1-9H3,(H2,30,36)(H,31,39)(H,32,41)(H,33,40)(H,34,42)(H,35,45)(H,37,38)(H,43,44)/t16-,17-,18-,21-,22-/m0/s1. The first-order valence-electron chi connectivity index (χ1n) is 14.7. The van der Waals surface area contributed by atoms with E-state index < -0.39 is 95.9 Å². The molecule has 0 spiro atoms. The second-order valence-corrected chi connectivity index (χ2v) is 13.1. The summed E-state index contributed by atoms with van der Waals surface area (Å²) in [5, 5.41) is 30.7. The minimum absolute atomic E-state index is 0.0228. The van der Waals surface area contributed by atoms with Gasteiger partial charge in [-0.1, -0.05) is 62.3 Å². The molecule has 16 heteroatoms. The van der Waals surface area contributed by atoms with Crippen molar-refractivity contribution in [3.8, 4) is 0 Å². The van der Waals surface area contributed by atoms with Crippen LogP contribution in [0, 0.1) is 23.2 Å². The number of carbonyl (C=O) groups excluding carboxylic acids is 6. The highest BCUT2D eigenvalue weighted by atomic mass is 16.4. The van der Waals surface area contributed by atoms with Crippen molar-refractivity contribution in [3.05, 3.63) is 0 Å². The normalized spacial score (nSPS) is 14.8. The zero-order valence-electron chi connectivity index (χ0n) is 27.5. The Morgan fingerprint density at radius 3 is 1.38 bits per heavy atom. The number of hydrogen-bond donors (Lipinski definition) is 8. The molecule has 45 heavy (non-hydrogen) atoms. The van der Waals surface area contributed by atoms with E-state index in [9.17, 15) is 48.6 Å². The van der Waals surface area contributed by atoms with Crippen LogP contribution in [0.25, 0.3) is 0 Å². The molecule has 0 unspecified atom stereocenters. The zero-order valence-corrected chi connectivity index (χ0v) is 27.5. The molecule has 0 aromatic heterocycles. The van der Waals surface area contributed by atoms with Gasteiger partial charge in [0.25, 0.3) is 0 Å². The quantitative estimate of drug-likeness (QED) is 0.0927. The van der Waals surface area contributed by atoms with Crippen LogP contribution in [0.1, 0.15) is 81.6 Å². The summed E-state index contributed by atoms with van der Waals surface area (Å²) in [6.07, 6.45) is -1.67. The van der Waals surface area contributed by atoms with Gasteiger partial charge in [0.05, 0.1) is 12.8 Å². The van der Waals surface area contributed by atoms with Gasteiger partial charge in [0.2, 0.25) is 35.4 Å². The van der Waals surface area contributed by atoms with Gasteiger partial charge in [-0.15, -0.1) is 0 Å². The van der Waals surface area contributed by atoms with Gasteiger partial charge in [0, 0.05) is 5.41 Å². The summed E-state index contributed by atoms with van der Waals surface area (Å²) >= 11 is 0. The van der Waals surface area contributed by atoms with Crippen molar-refractivity contribution >= 4 is 47.4 Å². The summed E-state index contributed by atoms with van der Waals surface area (Å²) in [5.41, 5.74) is 4.48. The third kappa shape index (κ3) is 14.9. The Kier molecular flexibility index (Phi) is 16.2. The van der Waals surface area contributed by atoms with E-state index in [4.69, 9.17) is 5.73 Å². The monoisotopic (exact) mass is 642 g/mol. The van der Waals surface area contributed by atoms with Gasteiger partial charge in [0.15, 0.2) is 0 Å². The average Bonchev–Trinajstić information content (AvgIpc) is 2.86. The van der Waals surface area contributed by atoms with E-state index in [1.807, 2.05) is 0 Å². The molecule has 0 saturated carbocycles. The van der Waals surface area contributed by atoms with E-state index in [0.29, 0.717) is 0 Å². The van der Waals surface area contributed by atoms with Crippen LogP contribution < -0.4 is 32.3 Å². The summed E-state index contributed by atoms with van der Waals surface area (Å²) in [4.78, 5) is 99.9. The fraction of sp³-hybridized carbons (Fsp3) is 0.724. The van der Waals surface area contributed by atoms with E-state index in [1.54, 1.807) is 62.3 Å². The van der Waals surface area contributed by atoms with E-state index in [2.05, 4.69) is 26.6 Å². The first kappa shape index (κ1) is 40.8. The summed E-state index contributed by atoms with van der Waals surface area (Å²) < 4.78 is 0. The topological polar surface area (TPSA) is 263 Å². The Morgan fingerprint density at radius 1 is 0.600 bits per heavy atom. The fourth-order valence-corrected chi connectivity index (χ4v) is 3.96. The molecule has 9 N–H and O–H groups in total. The molecule has 0 aliphatic rings. The maximum absolute atomic E-state index is 13.3. The van der Waals surface area contributed by atoms with E-state index in [-0.39, 0.29) is 24.2 Å². The maximum Gasteiger partial charge on any atom is 0.326 e. The lowest BCUT2D eigenvalue weighted by Crippen LogP contribution is -2.61. The predicted molar refractivity (Wildman–Crippen MR) is 162 cm³/mol. The van der Waals surface area contributed by atoms with Crippen LogP contribution in [0.2, 0.25) is 0 Å². The highest BCUT2D eigenvalue weighted by Crippen LogP contribution is 2.15. The molecule has 0 radical (unpaired) electrons. The van der Waals surface area contributed by atoms with Crippen LogP contribution in [-0.2, 0) is 38.4 Å². The first-order chi connectivity index (χ1) is 20.5. The maximum atomic E-state index is 13.3. The molecule has 0 aliphatic carbocycles. The highest BCUT2D eigenvalue weighted by Gasteiger charge is 2.36. The molecule has 256 valence electrons. The van der Waals surface area contributed by atoms with Crippen LogP contribution in [0.3, 0.4) is 0 Å². The smallest absolute Gasteiger partial charge is 0.326 e. The van der Waals surface area contributed by atoms with Crippen molar-refractivity contribution in [2.45, 2.75) is 112 Å². The molecule has 0 bridgehead atoms. The number of aliphatic carboxylic acids is 2. The minimum Gasteiger partial charge on any atom is -0.481 e. The van der Waals surface area contributed by atoms with Crippen molar-refractivity contribution in [1.29, 1.82) is 0 Å². The van der Waals surface area contributed by atoms with Crippen LogP contribution in [0.4, 0.5) is 0 Å². The molecule has 0 saturated heterocycles. The SMILES string of the molecule is CC(C)C[C@H](NC(=O)[C@H](CC(=O)O)NC(=O)[C@H](CC(N)=O)NC(=O)[C@@H](NC(=O)[C@@H](NC(=O)C(C)(C)C)C(C)C)C(C)C)C(=O)O. The molecule has 5 atom stereocenters. The second kappa shape index (κ2) is 17.9. The number of nitrogens with one attached hydrogen (secondary N) is 5. The van der Waals surface area contributed by atoms with Crippen molar-refractivity contribution in [1.82, 2.24) is 26.6 Å². The van der Waals surface area contributed by atoms with Gasteiger partial charge in [-0.05, 0) is 24.2 Å². The number of hydrogen-bond acceptors (Lipinski definition) is 8. The number of rotatable bonds is 18. The van der Waals surface area contributed by atoms with Crippen molar-refractivity contribution in [2.24, 2.45) is 28.9 Å². The summed E-state index contributed by atoms with van der Waals surface area (Å²) in [6.45, 7) is 15.1. The van der Waals surface area contributed by atoms with Crippen molar-refractivity contribution < 1.29 is 48.6 Å². The molecule has 0 aromatic carbocycles. The number of carbonyl (C=O) groups is 8. The Bertz CT molecular complexity index is 1120. The Labute approximate surface area is 263 Å². The lowest BCUT2D eigenvalue weighted by molar-refractivity contribution is -0.144. The number of primary amides is 1. The Hall–Kier alpha value is -4.24. The van der Waals surface area contributed by atoms with Crippen molar-refractivity contribution in [3.63, 3.8) is 0 Å². The molecule has 6 amide bonds. The second-order valence-electron chi connectivity index (χ2n) is 13.1. The highest BCUT2D eigenvalue weighted by molar-refractivity contribution is 5.98. The largest absolute Gasteiger partial charge is 0.481 e. The van der Waals surface area contributed by atoms with Crippen LogP contribution in [-0.4, -0.2) is 87.8 Å². The van der Waals surface area contributed by atoms with Gasteiger partial charge >= 0.3 is 11.9 Å². The molecule has 0 aliphatic heterocycles. The molecular weight excluding hydrogens is 592 g/mol. The van der Waals surface area contributed by atoms with Gasteiger partial charge in [0.1, 0.15) is 30.2 Å². The Morgan fingerprint density at radius 2 is 1.00 bits per heavy atom. The lowest BCUT2D eigenvalue weighted by Gasteiger charge is -2.30. The number of nitrogens with two attached hydrogens (primary N) is 1. The van der Waals surface area contributed by atoms with E-state index in [0.717, 1.165) is 0 Å². The summed E-state index contributed by atoms with van der Waals surface area (Å²) in [6, 6.07) is -7.08. The lowest BCUT2D eigenvalue weighted by atomic mass is 9.93. The predicted octanol–water partition coefficient (Wildman–Crippen LogP) is -0.751. The van der Waals surface area contributed by atoms with Crippen LogP contribution in [0.5, 0.6) is 0 Å². The molecule has 0 fully saturated rings. The number of carboxylic acids is 2. The molecule has 0 aromatic rings.